The maximum absolute atomic E-state index is 12.7. The summed E-state index contributed by atoms with van der Waals surface area (Å²) in [6.07, 6.45) is 0.468. The Labute approximate surface area is 208 Å². The van der Waals surface area contributed by atoms with E-state index in [2.05, 4.69) is 5.32 Å². The average molecular weight is 484 g/mol. The molecule has 0 atom stereocenters. The number of nitrogens with zero attached hydrogens (tertiary/aromatic N) is 2. The number of nitrogens with one attached hydrogen (secondary N) is 1. The fraction of sp³-hybridized carbons (Fsp3) is 0.214. The first-order valence-corrected chi connectivity index (χ1v) is 11.8. The number of carbonyl (C=O) groups excluding carboxylic acids is 4. The molecule has 5 rings (SSSR count). The number of hydrogen-bond donors (Lipinski definition) is 1. The maximum Gasteiger partial charge on any atom is 0.265 e. The Hall–Kier alpha value is -4.46. The van der Waals surface area contributed by atoms with Gasteiger partial charge in [0.1, 0.15) is 5.75 Å². The predicted molar refractivity (Wildman–Crippen MR) is 134 cm³/mol. The molecule has 3 aromatic carbocycles. The van der Waals surface area contributed by atoms with Gasteiger partial charge in [-0.05, 0) is 54.8 Å². The van der Waals surface area contributed by atoms with Crippen LogP contribution in [0.5, 0.6) is 5.75 Å². The van der Waals surface area contributed by atoms with Crippen molar-refractivity contribution in [3.8, 4) is 5.75 Å². The molecule has 36 heavy (non-hydrogen) atoms. The lowest BCUT2D eigenvalue weighted by molar-refractivity contribution is -0.121. The summed E-state index contributed by atoms with van der Waals surface area (Å²) >= 11 is 0. The molecule has 0 radical (unpaired) electrons. The third-order valence-corrected chi connectivity index (χ3v) is 6.44. The van der Waals surface area contributed by atoms with Crippen molar-refractivity contribution in [3.63, 3.8) is 0 Å². The third kappa shape index (κ3) is 4.45. The molecule has 8 nitrogen and oxygen atoms in total. The van der Waals surface area contributed by atoms with Crippen LogP contribution in [0.25, 0.3) is 0 Å². The number of ether oxygens (including phenoxy) is 1. The molecule has 3 aromatic rings. The molecule has 0 bridgehead atoms. The molecular formula is C28H25N3O5. The van der Waals surface area contributed by atoms with E-state index < -0.39 is 0 Å². The standard InChI is InChI=1S/C28H25N3O5/c1-18-7-2-3-8-19(18)16-31-23-15-20(12-13-24(23)36-17-26(31)33)29-25(32)11-6-14-30-27(34)21-9-4-5-10-22(21)28(30)35/h2-5,7-10,12-13,15H,6,11,14,16-17H2,1H3,(H,29,32). The fourth-order valence-electron chi connectivity index (χ4n) is 4.47. The van der Waals surface area contributed by atoms with Crippen LogP contribution >= 0.6 is 0 Å². The lowest BCUT2D eigenvalue weighted by Gasteiger charge is -2.30. The van der Waals surface area contributed by atoms with Crippen molar-refractivity contribution in [3.05, 3.63) is 89.0 Å². The summed E-state index contributed by atoms with van der Waals surface area (Å²) in [7, 11) is 0. The number of aryl methyl sites for hydroxylation is 1. The van der Waals surface area contributed by atoms with Crippen molar-refractivity contribution in [2.45, 2.75) is 26.3 Å². The summed E-state index contributed by atoms with van der Waals surface area (Å²) in [5.74, 6) is -0.490. The lowest BCUT2D eigenvalue weighted by Crippen LogP contribution is -2.38. The number of amides is 4. The van der Waals surface area contributed by atoms with Crippen LogP contribution in [0, 0.1) is 6.92 Å². The van der Waals surface area contributed by atoms with Crippen LogP contribution < -0.4 is 15.0 Å². The van der Waals surface area contributed by atoms with Crippen molar-refractivity contribution in [2.75, 3.05) is 23.4 Å². The van der Waals surface area contributed by atoms with E-state index in [1.807, 2.05) is 31.2 Å². The Morgan fingerprint density at radius 2 is 1.61 bits per heavy atom. The molecular weight excluding hydrogens is 458 g/mol. The molecule has 0 spiro atoms. The lowest BCUT2D eigenvalue weighted by atomic mass is 10.1. The minimum Gasteiger partial charge on any atom is -0.482 e. The first-order chi connectivity index (χ1) is 17.4. The molecule has 2 heterocycles. The smallest absolute Gasteiger partial charge is 0.265 e. The number of fused-ring (bicyclic) bond motifs is 2. The largest absolute Gasteiger partial charge is 0.482 e. The molecule has 0 saturated heterocycles. The molecule has 2 aliphatic heterocycles. The Kier molecular flexibility index (Phi) is 6.25. The van der Waals surface area contributed by atoms with E-state index in [4.69, 9.17) is 4.74 Å². The summed E-state index contributed by atoms with van der Waals surface area (Å²) in [5, 5.41) is 2.85. The minimum atomic E-state index is -0.330. The van der Waals surface area contributed by atoms with E-state index in [1.54, 1.807) is 47.4 Å². The third-order valence-electron chi connectivity index (χ3n) is 6.44. The van der Waals surface area contributed by atoms with Crippen molar-refractivity contribution in [1.82, 2.24) is 4.90 Å². The number of rotatable bonds is 7. The molecule has 0 fully saturated rings. The van der Waals surface area contributed by atoms with E-state index in [0.717, 1.165) is 11.1 Å². The average Bonchev–Trinajstić information content (AvgIpc) is 3.12. The minimum absolute atomic E-state index is 0.0393. The molecule has 0 saturated carbocycles. The quantitative estimate of drug-likeness (QED) is 0.514. The normalized spacial score (nSPS) is 14.4. The molecule has 182 valence electrons. The zero-order valence-electron chi connectivity index (χ0n) is 19.8. The highest BCUT2D eigenvalue weighted by Gasteiger charge is 2.34. The van der Waals surface area contributed by atoms with E-state index in [-0.39, 0.29) is 43.2 Å². The summed E-state index contributed by atoms with van der Waals surface area (Å²) in [4.78, 5) is 53.1. The number of anilines is 2. The van der Waals surface area contributed by atoms with Gasteiger partial charge in [0, 0.05) is 18.7 Å². The second-order valence-electron chi connectivity index (χ2n) is 8.84. The van der Waals surface area contributed by atoms with Crippen LogP contribution in [0.15, 0.2) is 66.7 Å². The van der Waals surface area contributed by atoms with E-state index in [0.29, 0.717) is 41.2 Å². The van der Waals surface area contributed by atoms with Crippen molar-refractivity contribution in [2.24, 2.45) is 0 Å². The van der Waals surface area contributed by atoms with Gasteiger partial charge < -0.3 is 15.0 Å². The van der Waals surface area contributed by atoms with Gasteiger partial charge in [-0.3, -0.25) is 24.1 Å². The van der Waals surface area contributed by atoms with Gasteiger partial charge in [0.25, 0.3) is 17.7 Å². The maximum atomic E-state index is 12.7. The van der Waals surface area contributed by atoms with Crippen LogP contribution in [-0.2, 0) is 16.1 Å². The summed E-state index contributed by atoms with van der Waals surface area (Å²) in [6, 6.07) is 19.8. The van der Waals surface area contributed by atoms with Crippen LogP contribution in [0.2, 0.25) is 0 Å². The highest BCUT2D eigenvalue weighted by molar-refractivity contribution is 6.21. The Bertz CT molecular complexity index is 1350. The summed E-state index contributed by atoms with van der Waals surface area (Å²) in [6.45, 7) is 2.53. The van der Waals surface area contributed by atoms with Crippen LogP contribution in [0.3, 0.4) is 0 Å². The predicted octanol–water partition coefficient (Wildman–Crippen LogP) is 3.94. The molecule has 2 aliphatic rings. The van der Waals surface area contributed by atoms with Gasteiger partial charge in [-0.2, -0.15) is 0 Å². The molecule has 1 N–H and O–H groups in total. The highest BCUT2D eigenvalue weighted by atomic mass is 16.5. The van der Waals surface area contributed by atoms with Crippen LogP contribution in [-0.4, -0.2) is 41.7 Å². The van der Waals surface area contributed by atoms with E-state index >= 15 is 0 Å². The van der Waals surface area contributed by atoms with Gasteiger partial charge in [-0.25, -0.2) is 0 Å². The molecule has 0 aliphatic carbocycles. The van der Waals surface area contributed by atoms with E-state index in [9.17, 15) is 19.2 Å². The zero-order chi connectivity index (χ0) is 25.2. The molecule has 8 heteroatoms. The van der Waals surface area contributed by atoms with Gasteiger partial charge in [-0.15, -0.1) is 0 Å². The number of imide groups is 1. The Morgan fingerprint density at radius 3 is 2.33 bits per heavy atom. The number of carbonyl (C=O) groups is 4. The van der Waals surface area contributed by atoms with Gasteiger partial charge in [0.2, 0.25) is 5.91 Å². The van der Waals surface area contributed by atoms with Crippen LogP contribution in [0.4, 0.5) is 11.4 Å². The Morgan fingerprint density at radius 1 is 0.917 bits per heavy atom. The van der Waals surface area contributed by atoms with Gasteiger partial charge in [0.05, 0.1) is 23.4 Å². The van der Waals surface area contributed by atoms with Crippen molar-refractivity contribution in [1.29, 1.82) is 0 Å². The van der Waals surface area contributed by atoms with Gasteiger partial charge >= 0.3 is 0 Å². The van der Waals surface area contributed by atoms with Gasteiger partial charge in [0.15, 0.2) is 6.61 Å². The summed E-state index contributed by atoms with van der Waals surface area (Å²) in [5.41, 5.74) is 4.04. The molecule has 4 amide bonds. The number of benzene rings is 3. The second-order valence-corrected chi connectivity index (χ2v) is 8.84. The van der Waals surface area contributed by atoms with Crippen molar-refractivity contribution >= 4 is 35.0 Å². The second kappa shape index (κ2) is 9.65. The summed E-state index contributed by atoms with van der Waals surface area (Å²) < 4.78 is 5.59. The monoisotopic (exact) mass is 483 g/mol. The van der Waals surface area contributed by atoms with E-state index in [1.165, 1.54) is 4.90 Å². The van der Waals surface area contributed by atoms with Crippen molar-refractivity contribution < 1.29 is 23.9 Å². The van der Waals surface area contributed by atoms with Gasteiger partial charge in [-0.1, -0.05) is 36.4 Å². The highest BCUT2D eigenvalue weighted by Crippen LogP contribution is 2.36. The fourth-order valence-corrected chi connectivity index (χ4v) is 4.47. The first-order valence-electron chi connectivity index (χ1n) is 11.8. The molecule has 0 aromatic heterocycles. The first kappa shape index (κ1) is 23.3. The zero-order valence-corrected chi connectivity index (χ0v) is 19.8. The topological polar surface area (TPSA) is 96.0 Å². The van der Waals surface area contributed by atoms with Crippen LogP contribution in [0.1, 0.15) is 44.7 Å². The Balaban J connectivity index is 1.22. The SMILES string of the molecule is Cc1ccccc1CN1C(=O)COc2ccc(NC(=O)CCCN3C(=O)c4ccccc4C3=O)cc21. The molecule has 0 unspecified atom stereocenters. The number of hydrogen-bond acceptors (Lipinski definition) is 5.